The Balaban J connectivity index is 2.02. The van der Waals surface area contributed by atoms with Gasteiger partial charge in [0.2, 0.25) is 0 Å². The molecule has 1 saturated heterocycles. The highest BCUT2D eigenvalue weighted by atomic mass is 19.1. The minimum absolute atomic E-state index is 0.249. The van der Waals surface area contributed by atoms with Crippen LogP contribution >= 0.6 is 0 Å². The summed E-state index contributed by atoms with van der Waals surface area (Å²) in [5.74, 6) is -1.43. The van der Waals surface area contributed by atoms with Crippen molar-refractivity contribution in [1.29, 1.82) is 0 Å². The van der Waals surface area contributed by atoms with Gasteiger partial charge in [-0.25, -0.2) is 4.39 Å². The first-order valence-corrected chi connectivity index (χ1v) is 6.20. The Kier molecular flexibility index (Phi) is 4.31. The van der Waals surface area contributed by atoms with Gasteiger partial charge in [-0.15, -0.1) is 0 Å². The molecule has 1 aromatic rings. The molecule has 0 aromatic heterocycles. The molecule has 98 valence electrons. The number of carboxylic acids is 1. The van der Waals surface area contributed by atoms with Crippen molar-refractivity contribution >= 4 is 5.97 Å². The molecule has 3 nitrogen and oxygen atoms in total. The second-order valence-corrected chi connectivity index (χ2v) is 4.80. The Morgan fingerprint density at radius 2 is 2.28 bits per heavy atom. The van der Waals surface area contributed by atoms with E-state index in [-0.39, 0.29) is 18.2 Å². The standard InChI is InChI=1S/C14H17FO3/c15-13-4-2-1-3-11(13)8-12(14(16)17)7-10-5-6-18-9-10/h1-4,10,12H,5-9H2,(H,16,17). The van der Waals surface area contributed by atoms with Crippen molar-refractivity contribution in [2.75, 3.05) is 13.2 Å². The molecule has 4 heteroatoms. The van der Waals surface area contributed by atoms with Crippen molar-refractivity contribution in [2.24, 2.45) is 11.8 Å². The van der Waals surface area contributed by atoms with Crippen LogP contribution in [0.4, 0.5) is 4.39 Å². The molecule has 2 atom stereocenters. The van der Waals surface area contributed by atoms with Gasteiger partial charge in [-0.1, -0.05) is 18.2 Å². The second kappa shape index (κ2) is 5.96. The van der Waals surface area contributed by atoms with Crippen molar-refractivity contribution in [2.45, 2.75) is 19.3 Å². The maximum atomic E-state index is 13.5. The minimum atomic E-state index is -0.856. The fraction of sp³-hybridized carbons (Fsp3) is 0.500. The Morgan fingerprint density at radius 1 is 1.50 bits per heavy atom. The van der Waals surface area contributed by atoms with Gasteiger partial charge in [-0.2, -0.15) is 0 Å². The van der Waals surface area contributed by atoms with E-state index in [4.69, 9.17) is 4.74 Å². The van der Waals surface area contributed by atoms with Crippen molar-refractivity contribution in [3.63, 3.8) is 0 Å². The van der Waals surface area contributed by atoms with Gasteiger partial charge in [0.05, 0.1) is 5.92 Å². The van der Waals surface area contributed by atoms with Crippen molar-refractivity contribution in [3.05, 3.63) is 35.6 Å². The highest BCUT2D eigenvalue weighted by Crippen LogP contribution is 2.24. The van der Waals surface area contributed by atoms with Crippen LogP contribution in [0.2, 0.25) is 0 Å². The van der Waals surface area contributed by atoms with Gasteiger partial charge >= 0.3 is 5.97 Å². The number of rotatable bonds is 5. The first kappa shape index (κ1) is 13.0. The zero-order chi connectivity index (χ0) is 13.0. The van der Waals surface area contributed by atoms with Crippen molar-refractivity contribution in [1.82, 2.24) is 0 Å². The number of halogens is 1. The van der Waals surface area contributed by atoms with Gasteiger partial charge in [0.1, 0.15) is 5.82 Å². The molecule has 0 spiro atoms. The zero-order valence-electron chi connectivity index (χ0n) is 10.1. The third kappa shape index (κ3) is 3.29. The molecule has 2 unspecified atom stereocenters. The topological polar surface area (TPSA) is 46.5 Å². The first-order chi connectivity index (χ1) is 8.66. The number of carbonyl (C=O) groups is 1. The summed E-state index contributed by atoms with van der Waals surface area (Å²) in [6.45, 7) is 1.33. The third-order valence-corrected chi connectivity index (χ3v) is 3.42. The Bertz CT molecular complexity index is 413. The summed E-state index contributed by atoms with van der Waals surface area (Å²) in [6.07, 6.45) is 1.71. The van der Waals surface area contributed by atoms with E-state index < -0.39 is 11.9 Å². The van der Waals surface area contributed by atoms with E-state index in [1.807, 2.05) is 0 Å². The quantitative estimate of drug-likeness (QED) is 0.875. The van der Waals surface area contributed by atoms with Crippen LogP contribution in [0.5, 0.6) is 0 Å². The van der Waals surface area contributed by atoms with Crippen LogP contribution in [0.3, 0.4) is 0 Å². The lowest BCUT2D eigenvalue weighted by molar-refractivity contribution is -0.142. The second-order valence-electron chi connectivity index (χ2n) is 4.80. The molecule has 1 heterocycles. The van der Waals surface area contributed by atoms with E-state index in [0.717, 1.165) is 6.42 Å². The molecule has 18 heavy (non-hydrogen) atoms. The molecule has 0 aliphatic carbocycles. The molecule has 1 aromatic carbocycles. The molecule has 0 radical (unpaired) electrons. The average molecular weight is 252 g/mol. The minimum Gasteiger partial charge on any atom is -0.481 e. The molecule has 1 aliphatic heterocycles. The van der Waals surface area contributed by atoms with E-state index in [1.165, 1.54) is 6.07 Å². The van der Waals surface area contributed by atoms with E-state index in [9.17, 15) is 14.3 Å². The molecular weight excluding hydrogens is 235 g/mol. The van der Waals surface area contributed by atoms with Crippen LogP contribution in [0.1, 0.15) is 18.4 Å². The fourth-order valence-corrected chi connectivity index (χ4v) is 2.37. The van der Waals surface area contributed by atoms with Crippen LogP contribution in [-0.2, 0) is 16.0 Å². The van der Waals surface area contributed by atoms with Gasteiger partial charge < -0.3 is 9.84 Å². The summed E-state index contributed by atoms with van der Waals surface area (Å²) >= 11 is 0. The molecule has 1 aliphatic rings. The molecule has 0 saturated carbocycles. The number of hydrogen-bond acceptors (Lipinski definition) is 2. The van der Waals surface area contributed by atoms with Gasteiger partial charge in [0.25, 0.3) is 0 Å². The van der Waals surface area contributed by atoms with E-state index in [1.54, 1.807) is 18.2 Å². The Labute approximate surface area is 106 Å². The number of aliphatic carboxylic acids is 1. The Morgan fingerprint density at radius 3 is 2.89 bits per heavy atom. The molecule has 1 N–H and O–H groups in total. The number of hydrogen-bond donors (Lipinski definition) is 1. The molecule has 2 rings (SSSR count). The van der Waals surface area contributed by atoms with Crippen molar-refractivity contribution in [3.8, 4) is 0 Å². The maximum Gasteiger partial charge on any atom is 0.306 e. The number of ether oxygens (including phenoxy) is 1. The van der Waals surface area contributed by atoms with Gasteiger partial charge in [0.15, 0.2) is 0 Å². The zero-order valence-corrected chi connectivity index (χ0v) is 10.1. The SMILES string of the molecule is O=C(O)C(Cc1ccccc1F)CC1CCOC1. The highest BCUT2D eigenvalue weighted by Gasteiger charge is 2.26. The predicted molar refractivity (Wildman–Crippen MR) is 64.8 cm³/mol. The maximum absolute atomic E-state index is 13.5. The van der Waals surface area contributed by atoms with Crippen LogP contribution < -0.4 is 0 Å². The Hall–Kier alpha value is -1.42. The first-order valence-electron chi connectivity index (χ1n) is 6.20. The molecular formula is C14H17FO3. The average Bonchev–Trinajstić information content (AvgIpc) is 2.83. The van der Waals surface area contributed by atoms with Gasteiger partial charge in [-0.05, 0) is 36.8 Å². The lowest BCUT2D eigenvalue weighted by atomic mass is 9.89. The molecule has 0 amide bonds. The van der Waals surface area contributed by atoms with Crippen LogP contribution in [0, 0.1) is 17.7 Å². The normalized spacial score (nSPS) is 20.8. The summed E-state index contributed by atoms with van der Waals surface area (Å²) in [5.41, 5.74) is 0.476. The summed E-state index contributed by atoms with van der Waals surface area (Å²) in [5, 5.41) is 9.22. The van der Waals surface area contributed by atoms with Crippen LogP contribution in [-0.4, -0.2) is 24.3 Å². The lowest BCUT2D eigenvalue weighted by Gasteiger charge is -2.16. The smallest absolute Gasteiger partial charge is 0.306 e. The summed E-state index contributed by atoms with van der Waals surface area (Å²) in [6, 6.07) is 6.36. The molecule has 1 fully saturated rings. The lowest BCUT2D eigenvalue weighted by Crippen LogP contribution is -2.21. The van der Waals surface area contributed by atoms with Gasteiger partial charge in [0, 0.05) is 13.2 Å². The summed E-state index contributed by atoms with van der Waals surface area (Å²) in [4.78, 5) is 11.2. The number of benzene rings is 1. The highest BCUT2D eigenvalue weighted by molar-refractivity contribution is 5.70. The van der Waals surface area contributed by atoms with Crippen LogP contribution in [0.25, 0.3) is 0 Å². The van der Waals surface area contributed by atoms with Gasteiger partial charge in [-0.3, -0.25) is 4.79 Å². The van der Waals surface area contributed by atoms with E-state index in [2.05, 4.69) is 0 Å². The fourth-order valence-electron chi connectivity index (χ4n) is 2.37. The van der Waals surface area contributed by atoms with Crippen LogP contribution in [0.15, 0.2) is 24.3 Å². The largest absolute Gasteiger partial charge is 0.481 e. The monoisotopic (exact) mass is 252 g/mol. The number of carboxylic acid groups (broad SMARTS) is 1. The third-order valence-electron chi connectivity index (χ3n) is 3.42. The van der Waals surface area contributed by atoms with Crippen molar-refractivity contribution < 1.29 is 19.0 Å². The predicted octanol–water partition coefficient (Wildman–Crippen LogP) is 2.50. The van der Waals surface area contributed by atoms with E-state index >= 15 is 0 Å². The summed E-state index contributed by atoms with van der Waals surface area (Å²) < 4.78 is 18.8. The molecule has 0 bridgehead atoms. The summed E-state index contributed by atoms with van der Waals surface area (Å²) in [7, 11) is 0. The van der Waals surface area contributed by atoms with E-state index in [0.29, 0.717) is 25.2 Å².